The van der Waals surface area contributed by atoms with Crippen molar-refractivity contribution in [2.24, 2.45) is 0 Å². The van der Waals surface area contributed by atoms with Gasteiger partial charge in [0.15, 0.2) is 5.78 Å². The Morgan fingerprint density at radius 1 is 1.24 bits per heavy atom. The maximum Gasteiger partial charge on any atom is 0.165 e. The number of rotatable bonds is 3. The Balaban J connectivity index is 1.98. The van der Waals surface area contributed by atoms with Crippen LogP contribution in [0.15, 0.2) is 36.9 Å². The Bertz CT molecular complexity index is 649. The quantitative estimate of drug-likeness (QED) is 0.800. The summed E-state index contributed by atoms with van der Waals surface area (Å²) < 4.78 is 6.68. The van der Waals surface area contributed by atoms with E-state index in [-0.39, 0.29) is 23.9 Å². The second-order valence-electron chi connectivity index (χ2n) is 5.09. The Morgan fingerprint density at radius 2 is 2.00 bits per heavy atom. The fourth-order valence-electron chi connectivity index (χ4n) is 2.80. The van der Waals surface area contributed by atoms with Crippen LogP contribution < -0.4 is 4.74 Å². The van der Waals surface area contributed by atoms with E-state index >= 15 is 0 Å². The zero-order valence-electron chi connectivity index (χ0n) is 11.6. The maximum absolute atomic E-state index is 12.3. The van der Waals surface area contributed by atoms with Crippen molar-refractivity contribution in [1.82, 2.24) is 14.8 Å². The molecule has 1 aliphatic carbocycles. The lowest BCUT2D eigenvalue weighted by molar-refractivity contribution is -0.133. The van der Waals surface area contributed by atoms with Gasteiger partial charge in [0.25, 0.3) is 0 Å². The highest BCUT2D eigenvalue weighted by molar-refractivity contribution is 6.04. The third kappa shape index (κ3) is 2.56. The van der Waals surface area contributed by atoms with E-state index in [1.807, 2.05) is 24.3 Å². The molecule has 108 valence electrons. The average molecular weight is 285 g/mol. The third-order valence-electron chi connectivity index (χ3n) is 3.80. The second kappa shape index (κ2) is 5.47. The summed E-state index contributed by atoms with van der Waals surface area (Å²) in [6, 6.07) is 6.96. The van der Waals surface area contributed by atoms with Crippen molar-refractivity contribution in [2.75, 3.05) is 7.11 Å². The number of carbonyl (C=O) groups is 2. The molecule has 0 aliphatic heterocycles. The number of hydrogen-bond donors (Lipinski definition) is 0. The number of Topliss-reactive ketones (excluding diaryl/α,β-unsaturated/α-hetero) is 2. The van der Waals surface area contributed by atoms with Crippen LogP contribution in [0.5, 0.6) is 5.75 Å². The summed E-state index contributed by atoms with van der Waals surface area (Å²) in [6.07, 6.45) is 3.23. The summed E-state index contributed by atoms with van der Waals surface area (Å²) in [5, 5.41) is 4.07. The molecule has 3 rings (SSSR count). The first-order valence-electron chi connectivity index (χ1n) is 6.71. The lowest BCUT2D eigenvalue weighted by Crippen LogP contribution is -2.34. The number of nitrogens with zero attached hydrogens (tertiary/aromatic N) is 3. The third-order valence-corrected chi connectivity index (χ3v) is 3.80. The van der Waals surface area contributed by atoms with Crippen LogP contribution in [0.2, 0.25) is 0 Å². The summed E-state index contributed by atoms with van der Waals surface area (Å²) in [5.74, 6) is 0.380. The van der Waals surface area contributed by atoms with Gasteiger partial charge in [-0.3, -0.25) is 9.59 Å². The molecule has 1 fully saturated rings. The van der Waals surface area contributed by atoms with Gasteiger partial charge in [0.05, 0.1) is 13.5 Å². The van der Waals surface area contributed by atoms with Crippen molar-refractivity contribution in [3.8, 4) is 5.75 Å². The largest absolute Gasteiger partial charge is 0.497 e. The van der Waals surface area contributed by atoms with Gasteiger partial charge < -0.3 is 4.74 Å². The van der Waals surface area contributed by atoms with Crippen molar-refractivity contribution >= 4 is 11.6 Å². The standard InChI is InChI=1S/C15H15N3O3/c1-21-12-4-2-10(3-5-12)13-6-11(19)7-14(20)15(13)18-9-16-8-17-18/h2-5,8-9,13,15H,6-7H2,1H3/t13-,15-/m1/s1. The predicted molar refractivity (Wildman–Crippen MR) is 74.0 cm³/mol. The number of benzene rings is 1. The summed E-state index contributed by atoms with van der Waals surface area (Å²) in [5.41, 5.74) is 0.928. The van der Waals surface area contributed by atoms with Crippen molar-refractivity contribution < 1.29 is 14.3 Å². The molecule has 1 aliphatic rings. The first-order chi connectivity index (χ1) is 10.2. The van der Waals surface area contributed by atoms with Crippen LogP contribution in [0.3, 0.4) is 0 Å². The van der Waals surface area contributed by atoms with Gasteiger partial charge in [-0.05, 0) is 17.7 Å². The highest BCUT2D eigenvalue weighted by atomic mass is 16.5. The lowest BCUT2D eigenvalue weighted by atomic mass is 9.78. The van der Waals surface area contributed by atoms with Gasteiger partial charge >= 0.3 is 0 Å². The number of methoxy groups -OCH3 is 1. The van der Waals surface area contributed by atoms with Crippen LogP contribution >= 0.6 is 0 Å². The van der Waals surface area contributed by atoms with E-state index < -0.39 is 6.04 Å². The second-order valence-corrected chi connectivity index (χ2v) is 5.09. The molecular formula is C15H15N3O3. The molecule has 1 aromatic carbocycles. The highest BCUT2D eigenvalue weighted by Crippen LogP contribution is 2.37. The van der Waals surface area contributed by atoms with Gasteiger partial charge in [0, 0.05) is 12.3 Å². The van der Waals surface area contributed by atoms with Gasteiger partial charge in [0.2, 0.25) is 0 Å². The fraction of sp³-hybridized carbons (Fsp3) is 0.333. The summed E-state index contributed by atoms with van der Waals surface area (Å²) in [7, 11) is 1.60. The van der Waals surface area contributed by atoms with Gasteiger partial charge in [-0.15, -0.1) is 0 Å². The molecule has 0 saturated heterocycles. The molecular weight excluding hydrogens is 270 g/mol. The molecule has 0 amide bonds. The van der Waals surface area contributed by atoms with Crippen molar-refractivity contribution in [2.45, 2.75) is 24.8 Å². The molecule has 0 N–H and O–H groups in total. The number of hydrogen-bond acceptors (Lipinski definition) is 5. The van der Waals surface area contributed by atoms with Crippen LogP contribution in [-0.2, 0) is 9.59 Å². The molecule has 0 bridgehead atoms. The highest BCUT2D eigenvalue weighted by Gasteiger charge is 2.38. The Morgan fingerprint density at radius 3 is 2.62 bits per heavy atom. The minimum atomic E-state index is -0.474. The number of aromatic nitrogens is 3. The maximum atomic E-state index is 12.3. The van der Waals surface area contributed by atoms with Gasteiger partial charge in [0.1, 0.15) is 30.2 Å². The molecule has 0 spiro atoms. The Kier molecular flexibility index (Phi) is 3.51. The molecule has 1 aromatic heterocycles. The molecule has 6 heteroatoms. The Hall–Kier alpha value is -2.50. The number of ether oxygens (including phenoxy) is 1. The summed E-state index contributed by atoms with van der Waals surface area (Å²) >= 11 is 0. The monoisotopic (exact) mass is 285 g/mol. The van der Waals surface area contributed by atoms with Crippen molar-refractivity contribution in [3.05, 3.63) is 42.5 Å². The normalized spacial score (nSPS) is 22.3. The van der Waals surface area contributed by atoms with E-state index in [4.69, 9.17) is 4.74 Å². The first kappa shape index (κ1) is 13.5. The summed E-state index contributed by atoms with van der Waals surface area (Å²) in [4.78, 5) is 28.0. The number of carbonyl (C=O) groups excluding carboxylic acids is 2. The fourth-order valence-corrected chi connectivity index (χ4v) is 2.80. The predicted octanol–water partition coefficient (Wildman–Crippen LogP) is 1.54. The average Bonchev–Trinajstić information content (AvgIpc) is 3.00. The molecule has 0 radical (unpaired) electrons. The van der Waals surface area contributed by atoms with Crippen LogP contribution in [0, 0.1) is 0 Å². The van der Waals surface area contributed by atoms with Crippen molar-refractivity contribution in [3.63, 3.8) is 0 Å². The van der Waals surface area contributed by atoms with E-state index in [0.29, 0.717) is 6.42 Å². The molecule has 1 saturated carbocycles. The van der Waals surface area contributed by atoms with Crippen molar-refractivity contribution in [1.29, 1.82) is 0 Å². The zero-order chi connectivity index (χ0) is 14.8. The smallest absolute Gasteiger partial charge is 0.165 e. The molecule has 6 nitrogen and oxygen atoms in total. The van der Waals surface area contributed by atoms with Crippen LogP contribution in [0.25, 0.3) is 0 Å². The van der Waals surface area contributed by atoms with Gasteiger partial charge in [-0.25, -0.2) is 9.67 Å². The zero-order valence-corrected chi connectivity index (χ0v) is 11.6. The van der Waals surface area contributed by atoms with E-state index in [9.17, 15) is 9.59 Å². The minimum Gasteiger partial charge on any atom is -0.497 e. The lowest BCUT2D eigenvalue weighted by Gasteiger charge is -2.29. The van der Waals surface area contributed by atoms with E-state index in [1.165, 1.54) is 12.7 Å². The SMILES string of the molecule is COc1ccc([C@H]2CC(=O)CC(=O)[C@@H]2n2cncn2)cc1. The first-order valence-corrected chi connectivity index (χ1v) is 6.71. The molecule has 2 atom stereocenters. The minimum absolute atomic E-state index is 0.0304. The molecule has 0 unspecified atom stereocenters. The van der Waals surface area contributed by atoms with E-state index in [2.05, 4.69) is 10.1 Å². The van der Waals surface area contributed by atoms with Gasteiger partial charge in [-0.2, -0.15) is 5.10 Å². The van der Waals surface area contributed by atoms with Crippen LogP contribution in [-0.4, -0.2) is 33.4 Å². The van der Waals surface area contributed by atoms with E-state index in [0.717, 1.165) is 11.3 Å². The molecule has 21 heavy (non-hydrogen) atoms. The Labute approximate surface area is 121 Å². The topological polar surface area (TPSA) is 74.1 Å². The summed E-state index contributed by atoms with van der Waals surface area (Å²) in [6.45, 7) is 0. The van der Waals surface area contributed by atoms with Gasteiger partial charge in [-0.1, -0.05) is 12.1 Å². The van der Waals surface area contributed by atoms with Crippen LogP contribution in [0.1, 0.15) is 30.4 Å². The number of ketones is 2. The van der Waals surface area contributed by atoms with Crippen LogP contribution in [0.4, 0.5) is 0 Å². The molecule has 1 heterocycles. The molecule has 2 aromatic rings. The van der Waals surface area contributed by atoms with E-state index in [1.54, 1.807) is 11.8 Å².